The van der Waals surface area contributed by atoms with Crippen LogP contribution in [0, 0.1) is 5.41 Å². The number of esters is 1. The summed E-state index contributed by atoms with van der Waals surface area (Å²) >= 11 is 0. The van der Waals surface area contributed by atoms with E-state index < -0.39 is 5.41 Å². The van der Waals surface area contributed by atoms with Gasteiger partial charge in [0.1, 0.15) is 6.04 Å². The van der Waals surface area contributed by atoms with Crippen molar-refractivity contribution in [2.45, 2.75) is 52.6 Å². The number of ether oxygens (including phenoxy) is 1. The van der Waals surface area contributed by atoms with Crippen LogP contribution in [-0.4, -0.2) is 58.8 Å². The van der Waals surface area contributed by atoms with E-state index in [1.807, 2.05) is 37.8 Å². The SMILES string of the molecule is COC(=O)c1ccc2[nH]c3c(c2c1)CN(C(=O)C1CCCN1C(=O)C(C)(C)C)CC3. The van der Waals surface area contributed by atoms with Gasteiger partial charge in [0.25, 0.3) is 0 Å². The fourth-order valence-corrected chi connectivity index (χ4v) is 4.56. The largest absolute Gasteiger partial charge is 0.465 e. The molecular weight excluding hydrogens is 382 g/mol. The molecule has 0 bridgehead atoms. The van der Waals surface area contributed by atoms with E-state index in [-0.39, 0.29) is 23.8 Å². The zero-order valence-electron chi connectivity index (χ0n) is 18.1. The average Bonchev–Trinajstić information content (AvgIpc) is 3.35. The number of hydrogen-bond acceptors (Lipinski definition) is 4. The molecule has 1 unspecified atom stereocenters. The molecule has 4 rings (SSSR count). The normalized spacial score (nSPS) is 19.1. The van der Waals surface area contributed by atoms with Crippen molar-refractivity contribution in [1.82, 2.24) is 14.8 Å². The zero-order chi connectivity index (χ0) is 21.6. The van der Waals surface area contributed by atoms with Gasteiger partial charge in [-0.15, -0.1) is 0 Å². The maximum Gasteiger partial charge on any atom is 0.337 e. The van der Waals surface area contributed by atoms with Crippen LogP contribution in [0.5, 0.6) is 0 Å². The van der Waals surface area contributed by atoms with E-state index in [9.17, 15) is 14.4 Å². The number of aromatic amines is 1. The molecule has 0 saturated carbocycles. The Morgan fingerprint density at radius 2 is 1.93 bits per heavy atom. The van der Waals surface area contributed by atoms with Gasteiger partial charge < -0.3 is 19.5 Å². The van der Waals surface area contributed by atoms with Crippen molar-refractivity contribution < 1.29 is 19.1 Å². The van der Waals surface area contributed by atoms with E-state index in [0.717, 1.165) is 35.0 Å². The monoisotopic (exact) mass is 411 g/mol. The van der Waals surface area contributed by atoms with Crippen molar-refractivity contribution in [2.24, 2.45) is 5.41 Å². The molecule has 1 fully saturated rings. The molecule has 2 amide bonds. The summed E-state index contributed by atoms with van der Waals surface area (Å²) in [7, 11) is 1.37. The van der Waals surface area contributed by atoms with Gasteiger partial charge in [0.2, 0.25) is 11.8 Å². The number of likely N-dealkylation sites (tertiary alicyclic amines) is 1. The van der Waals surface area contributed by atoms with Gasteiger partial charge in [-0.05, 0) is 31.0 Å². The molecule has 1 N–H and O–H groups in total. The molecule has 7 heteroatoms. The fraction of sp³-hybridized carbons (Fsp3) is 0.522. The molecule has 1 aromatic carbocycles. The van der Waals surface area contributed by atoms with E-state index in [4.69, 9.17) is 4.74 Å². The Kier molecular flexibility index (Phi) is 5.08. The van der Waals surface area contributed by atoms with Crippen LogP contribution in [0.4, 0.5) is 0 Å². The minimum atomic E-state index is -0.501. The molecule has 7 nitrogen and oxygen atoms in total. The van der Waals surface area contributed by atoms with Crippen molar-refractivity contribution in [3.05, 3.63) is 35.0 Å². The number of carbonyl (C=O) groups is 3. The standard InChI is InChI=1S/C23H29N3O4/c1-23(2,3)22(29)26-10-5-6-19(26)20(27)25-11-9-18-16(13-25)15-12-14(21(28)30-4)7-8-17(15)24-18/h7-8,12,19,24H,5-6,9-11,13H2,1-4H3. The van der Waals surface area contributed by atoms with Gasteiger partial charge in [0.05, 0.1) is 12.7 Å². The third kappa shape index (κ3) is 3.46. The molecule has 30 heavy (non-hydrogen) atoms. The number of nitrogens with one attached hydrogen (secondary N) is 1. The first-order chi connectivity index (χ1) is 14.2. The lowest BCUT2D eigenvalue weighted by atomic mass is 9.94. The fourth-order valence-electron chi connectivity index (χ4n) is 4.56. The number of benzene rings is 1. The maximum absolute atomic E-state index is 13.4. The molecule has 2 aliphatic rings. The smallest absolute Gasteiger partial charge is 0.337 e. The first-order valence-corrected chi connectivity index (χ1v) is 10.5. The van der Waals surface area contributed by atoms with Crippen LogP contribution >= 0.6 is 0 Å². The Labute approximate surface area is 176 Å². The van der Waals surface area contributed by atoms with Crippen LogP contribution in [0.3, 0.4) is 0 Å². The molecule has 160 valence electrons. The number of nitrogens with zero attached hydrogens (tertiary/aromatic N) is 2. The van der Waals surface area contributed by atoms with Crippen LogP contribution < -0.4 is 0 Å². The molecule has 1 saturated heterocycles. The maximum atomic E-state index is 13.4. The van der Waals surface area contributed by atoms with Gasteiger partial charge in [-0.1, -0.05) is 20.8 Å². The van der Waals surface area contributed by atoms with Gasteiger partial charge in [0.15, 0.2) is 0 Å². The number of aromatic nitrogens is 1. The molecule has 1 atom stereocenters. The van der Waals surface area contributed by atoms with Gasteiger partial charge >= 0.3 is 5.97 Å². The highest BCUT2D eigenvalue weighted by Crippen LogP contribution is 2.31. The Morgan fingerprint density at radius 1 is 1.17 bits per heavy atom. The summed E-state index contributed by atoms with van der Waals surface area (Å²) in [6.07, 6.45) is 2.29. The number of methoxy groups -OCH3 is 1. The molecule has 2 aliphatic heterocycles. The molecule has 2 aromatic rings. The van der Waals surface area contributed by atoms with Crippen LogP contribution in [0.25, 0.3) is 10.9 Å². The minimum Gasteiger partial charge on any atom is -0.465 e. The minimum absolute atomic E-state index is 0.0224. The predicted molar refractivity (Wildman–Crippen MR) is 113 cm³/mol. The van der Waals surface area contributed by atoms with Crippen molar-refractivity contribution in [3.63, 3.8) is 0 Å². The summed E-state index contributed by atoms with van der Waals surface area (Å²) in [6, 6.07) is 5.07. The van der Waals surface area contributed by atoms with E-state index in [0.29, 0.717) is 31.6 Å². The number of H-pyrrole nitrogens is 1. The summed E-state index contributed by atoms with van der Waals surface area (Å²) in [5.41, 5.74) is 3.09. The highest BCUT2D eigenvalue weighted by molar-refractivity contribution is 5.96. The third-order valence-corrected chi connectivity index (χ3v) is 6.15. The van der Waals surface area contributed by atoms with Crippen LogP contribution in [0.1, 0.15) is 55.2 Å². The zero-order valence-corrected chi connectivity index (χ0v) is 18.1. The van der Waals surface area contributed by atoms with Gasteiger partial charge in [0, 0.05) is 53.6 Å². The summed E-state index contributed by atoms with van der Waals surface area (Å²) in [4.78, 5) is 45.2. The van der Waals surface area contributed by atoms with E-state index in [1.165, 1.54) is 7.11 Å². The first-order valence-electron chi connectivity index (χ1n) is 10.5. The van der Waals surface area contributed by atoms with Gasteiger partial charge in [-0.2, -0.15) is 0 Å². The molecule has 0 radical (unpaired) electrons. The molecule has 0 spiro atoms. The Hall–Kier alpha value is -2.83. The quantitative estimate of drug-likeness (QED) is 0.771. The average molecular weight is 412 g/mol. The number of hydrogen-bond donors (Lipinski definition) is 1. The van der Waals surface area contributed by atoms with E-state index in [1.54, 1.807) is 11.0 Å². The highest BCUT2D eigenvalue weighted by Gasteiger charge is 2.40. The van der Waals surface area contributed by atoms with E-state index in [2.05, 4.69) is 4.98 Å². The van der Waals surface area contributed by atoms with Crippen molar-refractivity contribution in [2.75, 3.05) is 20.2 Å². The first kappa shape index (κ1) is 20.4. The van der Waals surface area contributed by atoms with Crippen LogP contribution in [0.15, 0.2) is 18.2 Å². The number of carbonyl (C=O) groups excluding carboxylic acids is 3. The summed E-state index contributed by atoms with van der Waals surface area (Å²) in [5, 5.41) is 0.944. The Bertz CT molecular complexity index is 1020. The van der Waals surface area contributed by atoms with Gasteiger partial charge in [-0.3, -0.25) is 9.59 Å². The van der Waals surface area contributed by atoms with Crippen LogP contribution in [-0.2, 0) is 27.3 Å². The third-order valence-electron chi connectivity index (χ3n) is 6.15. The lowest BCUT2D eigenvalue weighted by Gasteiger charge is -2.35. The number of amides is 2. The molecule has 0 aliphatic carbocycles. The summed E-state index contributed by atoms with van der Waals surface area (Å²) < 4.78 is 4.84. The van der Waals surface area contributed by atoms with Crippen molar-refractivity contribution in [3.8, 4) is 0 Å². The highest BCUT2D eigenvalue weighted by atomic mass is 16.5. The number of rotatable bonds is 2. The van der Waals surface area contributed by atoms with Crippen molar-refractivity contribution >= 4 is 28.7 Å². The van der Waals surface area contributed by atoms with E-state index >= 15 is 0 Å². The van der Waals surface area contributed by atoms with Crippen molar-refractivity contribution in [1.29, 1.82) is 0 Å². The number of fused-ring (bicyclic) bond motifs is 3. The Balaban J connectivity index is 1.59. The second kappa shape index (κ2) is 7.45. The lowest BCUT2D eigenvalue weighted by molar-refractivity contribution is -0.148. The molecule has 3 heterocycles. The van der Waals surface area contributed by atoms with Crippen LogP contribution in [0.2, 0.25) is 0 Å². The molecular formula is C23H29N3O4. The summed E-state index contributed by atoms with van der Waals surface area (Å²) in [5.74, 6) is -0.321. The topological polar surface area (TPSA) is 82.7 Å². The second-order valence-electron chi connectivity index (χ2n) is 9.25. The predicted octanol–water partition coefficient (Wildman–Crippen LogP) is 2.88. The Morgan fingerprint density at radius 3 is 2.63 bits per heavy atom. The lowest BCUT2D eigenvalue weighted by Crippen LogP contribution is -2.51. The second-order valence-corrected chi connectivity index (χ2v) is 9.25. The van der Waals surface area contributed by atoms with Gasteiger partial charge in [-0.25, -0.2) is 4.79 Å². The summed E-state index contributed by atoms with van der Waals surface area (Å²) in [6.45, 7) is 7.43. The molecule has 1 aromatic heterocycles.